The lowest BCUT2D eigenvalue weighted by Gasteiger charge is -2.17. The maximum Gasteiger partial charge on any atom is 0.284 e. The summed E-state index contributed by atoms with van der Waals surface area (Å²) in [4.78, 5) is 13.5. The molecule has 0 spiro atoms. The van der Waals surface area contributed by atoms with Crippen molar-refractivity contribution in [3.8, 4) is 0 Å². The predicted octanol–water partition coefficient (Wildman–Crippen LogP) is 3.00. The SMILES string of the molecule is CN(C)C=NS(=O)(=O)c1cc(C(C(N)=O)c2ccccc2Cl)ccc1Br. The second kappa shape index (κ2) is 8.20. The smallest absolute Gasteiger partial charge is 0.284 e. The highest BCUT2D eigenvalue weighted by Gasteiger charge is 2.25. The van der Waals surface area contributed by atoms with Gasteiger partial charge < -0.3 is 10.6 Å². The van der Waals surface area contributed by atoms with Crippen molar-refractivity contribution in [2.45, 2.75) is 10.8 Å². The molecule has 0 aliphatic carbocycles. The Balaban J connectivity index is 2.61. The van der Waals surface area contributed by atoms with Crippen LogP contribution in [0.5, 0.6) is 0 Å². The van der Waals surface area contributed by atoms with E-state index in [0.29, 0.717) is 20.6 Å². The number of nitrogens with two attached hydrogens (primary N) is 1. The molecule has 138 valence electrons. The first kappa shape index (κ1) is 20.4. The molecule has 0 aromatic heterocycles. The van der Waals surface area contributed by atoms with E-state index in [1.54, 1.807) is 50.5 Å². The van der Waals surface area contributed by atoms with Crippen LogP contribution in [0.2, 0.25) is 5.02 Å². The van der Waals surface area contributed by atoms with Gasteiger partial charge in [-0.05, 0) is 45.3 Å². The molecule has 0 aliphatic rings. The van der Waals surface area contributed by atoms with E-state index in [4.69, 9.17) is 17.3 Å². The number of carbonyl (C=O) groups is 1. The number of primary amides is 1. The van der Waals surface area contributed by atoms with Gasteiger partial charge in [-0.1, -0.05) is 35.9 Å². The highest BCUT2D eigenvalue weighted by Crippen LogP contribution is 2.33. The van der Waals surface area contributed by atoms with Crippen molar-refractivity contribution in [1.82, 2.24) is 4.90 Å². The highest BCUT2D eigenvalue weighted by atomic mass is 79.9. The lowest BCUT2D eigenvalue weighted by molar-refractivity contribution is -0.118. The summed E-state index contributed by atoms with van der Waals surface area (Å²) in [5.41, 5.74) is 6.48. The molecule has 0 radical (unpaired) electrons. The van der Waals surface area contributed by atoms with E-state index < -0.39 is 21.8 Å². The van der Waals surface area contributed by atoms with Crippen molar-refractivity contribution in [2.24, 2.45) is 10.1 Å². The molecule has 2 rings (SSSR count). The van der Waals surface area contributed by atoms with Gasteiger partial charge in [-0.25, -0.2) is 0 Å². The van der Waals surface area contributed by atoms with Crippen LogP contribution in [0.15, 0.2) is 56.2 Å². The Morgan fingerprint density at radius 1 is 1.27 bits per heavy atom. The zero-order valence-corrected chi connectivity index (χ0v) is 17.2. The molecule has 0 fully saturated rings. The Kier molecular flexibility index (Phi) is 6.44. The monoisotopic (exact) mass is 457 g/mol. The van der Waals surface area contributed by atoms with Crippen molar-refractivity contribution >= 4 is 49.8 Å². The zero-order chi connectivity index (χ0) is 19.5. The number of nitrogens with zero attached hydrogens (tertiary/aromatic N) is 2. The van der Waals surface area contributed by atoms with E-state index in [2.05, 4.69) is 20.3 Å². The third-order valence-electron chi connectivity index (χ3n) is 3.48. The van der Waals surface area contributed by atoms with E-state index in [9.17, 15) is 13.2 Å². The second-order valence-corrected chi connectivity index (χ2v) is 8.57. The number of carbonyl (C=O) groups excluding carboxylic acids is 1. The summed E-state index contributed by atoms with van der Waals surface area (Å²) in [6.07, 6.45) is 1.19. The van der Waals surface area contributed by atoms with Gasteiger partial charge in [0.05, 0.1) is 5.92 Å². The summed E-state index contributed by atoms with van der Waals surface area (Å²) >= 11 is 9.42. The molecule has 0 saturated heterocycles. The van der Waals surface area contributed by atoms with Gasteiger partial charge in [-0.3, -0.25) is 4.79 Å². The number of halogens is 2. The summed E-state index contributed by atoms with van der Waals surface area (Å²) in [5, 5.41) is 0.370. The lowest BCUT2D eigenvalue weighted by atomic mass is 9.91. The Morgan fingerprint density at radius 2 is 1.92 bits per heavy atom. The molecule has 1 atom stereocenters. The molecular weight excluding hydrogens is 442 g/mol. The Hall–Kier alpha value is -1.90. The summed E-state index contributed by atoms with van der Waals surface area (Å²) in [7, 11) is -0.649. The molecule has 0 bridgehead atoms. The van der Waals surface area contributed by atoms with E-state index >= 15 is 0 Å². The standard InChI is InChI=1S/C17H17BrClN3O3S/c1-22(2)10-21-26(24,25)15-9-11(7-8-13(15)18)16(17(20)23)12-5-3-4-6-14(12)19/h3-10,16H,1-2H3,(H2,20,23). The average molecular weight is 459 g/mol. The second-order valence-electron chi connectivity index (χ2n) is 5.71. The van der Waals surface area contributed by atoms with Gasteiger partial charge in [0, 0.05) is 23.6 Å². The first-order valence-corrected chi connectivity index (χ1v) is 10.0. The largest absolute Gasteiger partial charge is 0.369 e. The predicted molar refractivity (Wildman–Crippen MR) is 106 cm³/mol. The molecule has 0 saturated carbocycles. The third-order valence-corrected chi connectivity index (χ3v) is 6.05. The van der Waals surface area contributed by atoms with Gasteiger partial charge in [0.25, 0.3) is 10.0 Å². The minimum atomic E-state index is -3.96. The Bertz CT molecular complexity index is 961. The number of hydrogen-bond acceptors (Lipinski definition) is 3. The van der Waals surface area contributed by atoms with Crippen LogP contribution in [0.4, 0.5) is 0 Å². The van der Waals surface area contributed by atoms with Crippen LogP contribution in [0.1, 0.15) is 17.0 Å². The van der Waals surface area contributed by atoms with Crippen LogP contribution in [0, 0.1) is 0 Å². The first-order chi connectivity index (χ1) is 12.1. The molecule has 2 aromatic carbocycles. The summed E-state index contributed by atoms with van der Waals surface area (Å²) in [6.45, 7) is 0. The normalized spacial score (nSPS) is 12.9. The van der Waals surface area contributed by atoms with E-state index in [0.717, 1.165) is 0 Å². The highest BCUT2D eigenvalue weighted by molar-refractivity contribution is 9.10. The van der Waals surface area contributed by atoms with Gasteiger partial charge in [0.2, 0.25) is 5.91 Å². The Morgan fingerprint density at radius 3 is 2.50 bits per heavy atom. The fraction of sp³-hybridized carbons (Fsp3) is 0.176. The van der Waals surface area contributed by atoms with Gasteiger partial charge in [0.1, 0.15) is 11.2 Å². The summed E-state index contributed by atoms with van der Waals surface area (Å²) < 4.78 is 29.0. The van der Waals surface area contributed by atoms with Crippen LogP contribution < -0.4 is 5.73 Å². The van der Waals surface area contributed by atoms with Crippen molar-refractivity contribution in [2.75, 3.05) is 14.1 Å². The molecule has 2 aromatic rings. The first-order valence-electron chi connectivity index (χ1n) is 7.43. The van der Waals surface area contributed by atoms with E-state index in [1.807, 2.05) is 0 Å². The maximum absolute atomic E-state index is 12.5. The topological polar surface area (TPSA) is 92.8 Å². The van der Waals surface area contributed by atoms with E-state index in [-0.39, 0.29) is 4.90 Å². The number of benzene rings is 2. The van der Waals surface area contributed by atoms with Crippen LogP contribution >= 0.6 is 27.5 Å². The molecule has 0 heterocycles. The molecule has 2 N–H and O–H groups in total. The van der Waals surface area contributed by atoms with Gasteiger partial charge in [-0.15, -0.1) is 4.40 Å². The molecule has 26 heavy (non-hydrogen) atoms. The molecule has 0 aliphatic heterocycles. The summed E-state index contributed by atoms with van der Waals surface area (Å²) in [5.74, 6) is -1.52. The quantitative estimate of drug-likeness (QED) is 0.532. The molecule has 9 heteroatoms. The fourth-order valence-electron chi connectivity index (χ4n) is 2.32. The molecule has 6 nitrogen and oxygen atoms in total. The summed E-state index contributed by atoms with van der Waals surface area (Å²) in [6, 6.07) is 11.3. The molecular formula is C17H17BrClN3O3S. The maximum atomic E-state index is 12.5. The van der Waals surface area contributed by atoms with Crippen molar-refractivity contribution in [1.29, 1.82) is 0 Å². The fourth-order valence-corrected chi connectivity index (χ4v) is 4.45. The zero-order valence-electron chi connectivity index (χ0n) is 14.1. The third kappa shape index (κ3) is 4.63. The average Bonchev–Trinajstić information content (AvgIpc) is 2.56. The van der Waals surface area contributed by atoms with Gasteiger partial charge >= 0.3 is 0 Å². The van der Waals surface area contributed by atoms with Gasteiger partial charge in [-0.2, -0.15) is 8.42 Å². The van der Waals surface area contributed by atoms with Crippen LogP contribution in [0.25, 0.3) is 0 Å². The molecule has 1 amide bonds. The number of sulfonamides is 1. The minimum absolute atomic E-state index is 0.0635. The minimum Gasteiger partial charge on any atom is -0.369 e. The van der Waals surface area contributed by atoms with Crippen molar-refractivity contribution in [3.05, 3.63) is 63.1 Å². The van der Waals surface area contributed by atoms with Crippen molar-refractivity contribution in [3.63, 3.8) is 0 Å². The number of rotatable bonds is 6. The number of amides is 1. The van der Waals surface area contributed by atoms with Crippen molar-refractivity contribution < 1.29 is 13.2 Å². The Labute approximate surface area is 165 Å². The van der Waals surface area contributed by atoms with E-state index in [1.165, 1.54) is 17.3 Å². The van der Waals surface area contributed by atoms with Crippen LogP contribution in [-0.4, -0.2) is 39.7 Å². The van der Waals surface area contributed by atoms with Gasteiger partial charge in [0.15, 0.2) is 0 Å². The van der Waals surface area contributed by atoms with Crippen LogP contribution in [0.3, 0.4) is 0 Å². The molecule has 1 unspecified atom stereocenters. The number of hydrogen-bond donors (Lipinski definition) is 1. The lowest BCUT2D eigenvalue weighted by Crippen LogP contribution is -2.23. The van der Waals surface area contributed by atoms with Crippen LogP contribution in [-0.2, 0) is 14.8 Å².